The molecule has 3 rings (SSSR count). The van der Waals surface area contributed by atoms with Gasteiger partial charge in [0.2, 0.25) is 5.88 Å². The van der Waals surface area contributed by atoms with Crippen LogP contribution in [0.4, 0.5) is 17.6 Å². The monoisotopic (exact) mass is 484 g/mol. The van der Waals surface area contributed by atoms with Gasteiger partial charge in [0.15, 0.2) is 6.61 Å². The first-order chi connectivity index (χ1) is 15.9. The number of hydrogen-bond donors (Lipinski definition) is 2. The number of fused-ring (bicyclic) bond motifs is 1. The van der Waals surface area contributed by atoms with Crippen LogP contribution in [-0.2, 0) is 6.54 Å². The molecule has 2 aromatic heterocycles. The molecule has 0 aliphatic carbocycles. The van der Waals surface area contributed by atoms with E-state index in [9.17, 15) is 32.3 Å². The van der Waals surface area contributed by atoms with Gasteiger partial charge in [0.1, 0.15) is 5.69 Å². The van der Waals surface area contributed by atoms with Gasteiger partial charge in [-0.15, -0.1) is 0 Å². The molecule has 0 bridgehead atoms. The van der Waals surface area contributed by atoms with E-state index in [2.05, 4.69) is 15.3 Å². The quantitative estimate of drug-likeness (QED) is 0.531. The molecule has 0 saturated carbocycles. The van der Waals surface area contributed by atoms with Crippen molar-refractivity contribution in [2.75, 3.05) is 13.2 Å². The number of carbonyl (C=O) groups is 2. The lowest BCUT2D eigenvalue weighted by molar-refractivity contribution is -0.148. The first kappa shape index (κ1) is 25.3. The van der Waals surface area contributed by atoms with Gasteiger partial charge in [-0.2, -0.15) is 8.78 Å². The minimum absolute atomic E-state index is 0.0286. The lowest BCUT2D eigenvalue weighted by Crippen LogP contribution is -2.34. The zero-order chi connectivity index (χ0) is 25.2. The van der Waals surface area contributed by atoms with Gasteiger partial charge in [0.05, 0.1) is 12.1 Å². The fourth-order valence-corrected chi connectivity index (χ4v) is 3.45. The third kappa shape index (κ3) is 5.27. The van der Waals surface area contributed by atoms with Crippen LogP contribution in [0.2, 0.25) is 0 Å². The SMILES string of the molecule is Cc1cc(C(C)N2Cc3c(ccnc3C(=O)NC[C@@H](C)O)C2=O)cnc1OCC(F)(F)C(F)F. The van der Waals surface area contributed by atoms with Crippen LogP contribution in [0, 0.1) is 6.92 Å². The van der Waals surface area contributed by atoms with Crippen LogP contribution < -0.4 is 10.1 Å². The number of rotatable bonds is 9. The molecule has 2 atom stereocenters. The fraction of sp³-hybridized carbons (Fsp3) is 0.455. The third-order valence-electron chi connectivity index (χ3n) is 5.37. The number of aryl methyl sites for hydroxylation is 1. The maximum Gasteiger partial charge on any atom is 0.340 e. The number of nitrogens with one attached hydrogen (secondary N) is 1. The van der Waals surface area contributed by atoms with Crippen molar-refractivity contribution in [2.45, 2.75) is 51.8 Å². The van der Waals surface area contributed by atoms with Gasteiger partial charge in [-0.3, -0.25) is 14.6 Å². The van der Waals surface area contributed by atoms with Crippen molar-refractivity contribution in [3.63, 3.8) is 0 Å². The maximum atomic E-state index is 13.1. The fourth-order valence-electron chi connectivity index (χ4n) is 3.45. The van der Waals surface area contributed by atoms with Crippen molar-refractivity contribution >= 4 is 11.8 Å². The van der Waals surface area contributed by atoms with Gasteiger partial charge in [0.25, 0.3) is 11.8 Å². The van der Waals surface area contributed by atoms with E-state index >= 15 is 0 Å². The summed E-state index contributed by atoms with van der Waals surface area (Å²) in [5.41, 5.74) is 1.74. The second-order valence-corrected chi connectivity index (χ2v) is 8.09. The number of halogens is 4. The molecule has 184 valence electrons. The summed E-state index contributed by atoms with van der Waals surface area (Å²) in [5, 5.41) is 11.9. The van der Waals surface area contributed by atoms with E-state index < -0.39 is 37.0 Å². The number of aromatic nitrogens is 2. The summed E-state index contributed by atoms with van der Waals surface area (Å²) in [4.78, 5) is 35.0. The van der Waals surface area contributed by atoms with E-state index in [0.29, 0.717) is 22.3 Å². The van der Waals surface area contributed by atoms with Crippen LogP contribution in [0.3, 0.4) is 0 Å². The standard InChI is InChI=1S/C22H24F4N4O4/c1-11-6-14(8-29-19(11)34-10-22(25,26)21(23)24)13(3)30-9-16-15(20(30)33)4-5-27-17(16)18(32)28-7-12(2)31/h4-6,8,12-13,21,31H,7,9-10H2,1-3H3,(H,28,32)/t12-,13?/m1/s1. The van der Waals surface area contributed by atoms with Gasteiger partial charge in [-0.05, 0) is 38.5 Å². The van der Waals surface area contributed by atoms with Crippen LogP contribution in [-0.4, -0.2) is 63.4 Å². The number of nitrogens with zero attached hydrogens (tertiary/aromatic N) is 3. The maximum absolute atomic E-state index is 13.1. The molecule has 1 unspecified atom stereocenters. The second-order valence-electron chi connectivity index (χ2n) is 8.09. The number of aliphatic hydroxyl groups excluding tert-OH is 1. The van der Waals surface area contributed by atoms with E-state index in [0.717, 1.165) is 0 Å². The van der Waals surface area contributed by atoms with Crippen molar-refractivity contribution in [1.29, 1.82) is 0 Å². The molecule has 0 saturated heterocycles. The molecule has 2 N–H and O–H groups in total. The van der Waals surface area contributed by atoms with Crippen LogP contribution in [0.15, 0.2) is 24.5 Å². The van der Waals surface area contributed by atoms with Crippen LogP contribution >= 0.6 is 0 Å². The van der Waals surface area contributed by atoms with Gasteiger partial charge in [0, 0.05) is 42.2 Å². The van der Waals surface area contributed by atoms with Crippen molar-refractivity contribution in [3.05, 3.63) is 52.5 Å². The minimum Gasteiger partial charge on any atom is -0.471 e. The number of aliphatic hydroxyl groups is 1. The van der Waals surface area contributed by atoms with Crippen molar-refractivity contribution in [2.24, 2.45) is 0 Å². The van der Waals surface area contributed by atoms with E-state index in [1.807, 2.05) is 0 Å². The molecule has 34 heavy (non-hydrogen) atoms. The van der Waals surface area contributed by atoms with Crippen LogP contribution in [0.25, 0.3) is 0 Å². The Bertz CT molecular complexity index is 1080. The van der Waals surface area contributed by atoms with Gasteiger partial charge in [-0.25, -0.2) is 13.8 Å². The molecule has 1 aliphatic heterocycles. The molecule has 3 heterocycles. The summed E-state index contributed by atoms with van der Waals surface area (Å²) in [5.74, 6) is -5.36. The summed E-state index contributed by atoms with van der Waals surface area (Å²) in [6.45, 7) is 3.38. The Morgan fingerprint density at radius 2 is 2.03 bits per heavy atom. The van der Waals surface area contributed by atoms with Crippen LogP contribution in [0.5, 0.6) is 5.88 Å². The van der Waals surface area contributed by atoms with Crippen LogP contribution in [0.1, 0.15) is 57.4 Å². The molecule has 8 nitrogen and oxygen atoms in total. The Kier molecular flexibility index (Phi) is 7.39. The summed E-state index contributed by atoms with van der Waals surface area (Å²) in [6, 6.07) is 2.56. The first-order valence-electron chi connectivity index (χ1n) is 10.4. The molecule has 12 heteroatoms. The van der Waals surface area contributed by atoms with E-state index in [1.54, 1.807) is 13.0 Å². The highest BCUT2D eigenvalue weighted by atomic mass is 19.3. The molecule has 1 aliphatic rings. The first-order valence-corrected chi connectivity index (χ1v) is 10.4. The van der Waals surface area contributed by atoms with Gasteiger partial charge in [-0.1, -0.05) is 0 Å². The highest BCUT2D eigenvalue weighted by molar-refractivity contribution is 6.03. The predicted molar refractivity (Wildman–Crippen MR) is 112 cm³/mol. The predicted octanol–water partition coefficient (Wildman–Crippen LogP) is 2.89. The lowest BCUT2D eigenvalue weighted by Gasteiger charge is -2.25. The molecular formula is C22H24F4N4O4. The molecule has 2 aromatic rings. The summed E-state index contributed by atoms with van der Waals surface area (Å²) in [6.07, 6.45) is -1.93. The molecule has 0 aromatic carbocycles. The Balaban J connectivity index is 1.76. The average Bonchev–Trinajstić information content (AvgIpc) is 3.12. The Morgan fingerprint density at radius 3 is 2.65 bits per heavy atom. The lowest BCUT2D eigenvalue weighted by atomic mass is 10.1. The number of alkyl halides is 4. The zero-order valence-electron chi connectivity index (χ0n) is 18.7. The van der Waals surface area contributed by atoms with Crippen molar-refractivity contribution in [1.82, 2.24) is 20.2 Å². The second kappa shape index (κ2) is 9.92. The normalized spacial score (nSPS) is 15.3. The smallest absolute Gasteiger partial charge is 0.340 e. The van der Waals surface area contributed by atoms with Crippen molar-refractivity contribution < 1.29 is 37.0 Å². The molecule has 0 spiro atoms. The number of hydrogen-bond acceptors (Lipinski definition) is 6. The number of carbonyl (C=O) groups excluding carboxylic acids is 2. The van der Waals surface area contributed by atoms with Crippen molar-refractivity contribution in [3.8, 4) is 5.88 Å². The number of pyridine rings is 2. The summed E-state index contributed by atoms with van der Waals surface area (Å²) >= 11 is 0. The highest BCUT2D eigenvalue weighted by Gasteiger charge is 2.42. The Hall–Kier alpha value is -3.28. The Morgan fingerprint density at radius 1 is 1.32 bits per heavy atom. The topological polar surface area (TPSA) is 105 Å². The third-order valence-corrected chi connectivity index (χ3v) is 5.37. The summed E-state index contributed by atoms with van der Waals surface area (Å²) < 4.78 is 55.7. The summed E-state index contributed by atoms with van der Waals surface area (Å²) in [7, 11) is 0. The highest BCUT2D eigenvalue weighted by Crippen LogP contribution is 2.33. The van der Waals surface area contributed by atoms with Gasteiger partial charge < -0.3 is 20.1 Å². The minimum atomic E-state index is -4.30. The molecule has 2 amide bonds. The molecule has 0 fully saturated rings. The number of ether oxygens (including phenoxy) is 1. The number of amides is 2. The van der Waals surface area contributed by atoms with Gasteiger partial charge >= 0.3 is 12.3 Å². The molecular weight excluding hydrogens is 460 g/mol. The Labute approximate surface area is 193 Å². The zero-order valence-corrected chi connectivity index (χ0v) is 18.7. The average molecular weight is 484 g/mol. The largest absolute Gasteiger partial charge is 0.471 e. The van der Waals surface area contributed by atoms with E-state index in [-0.39, 0.29) is 30.6 Å². The van der Waals surface area contributed by atoms with E-state index in [1.165, 1.54) is 37.2 Å². The van der Waals surface area contributed by atoms with E-state index in [4.69, 9.17) is 4.74 Å². The molecule has 0 radical (unpaired) electrons.